The van der Waals surface area contributed by atoms with E-state index in [9.17, 15) is 4.79 Å². The van der Waals surface area contributed by atoms with Crippen LogP contribution in [0.1, 0.15) is 31.4 Å². The van der Waals surface area contributed by atoms with Crippen LogP contribution >= 0.6 is 27.7 Å². The zero-order chi connectivity index (χ0) is 16.0. The number of nitrogens with one attached hydrogen (secondary N) is 1. The Morgan fingerprint density at radius 2 is 2.17 bits per heavy atom. The second-order valence-corrected chi connectivity index (χ2v) is 7.81. The Morgan fingerprint density at radius 3 is 2.91 bits per heavy atom. The number of amides is 1. The molecular formula is C16H17BrN4OS. The molecule has 1 saturated heterocycles. The number of likely N-dealkylation sites (tertiary alicyclic amines) is 1. The highest BCUT2D eigenvalue weighted by Crippen LogP contribution is 2.38. The van der Waals surface area contributed by atoms with E-state index < -0.39 is 0 Å². The molecule has 0 saturated carbocycles. The normalized spacial score (nSPS) is 26.0. The van der Waals surface area contributed by atoms with Crippen LogP contribution in [0.2, 0.25) is 0 Å². The van der Waals surface area contributed by atoms with Crippen molar-refractivity contribution >= 4 is 38.6 Å². The van der Waals surface area contributed by atoms with E-state index in [0.29, 0.717) is 5.04 Å². The number of fused-ring (bicyclic) bond motifs is 1. The van der Waals surface area contributed by atoms with E-state index in [2.05, 4.69) is 38.5 Å². The minimum atomic E-state index is 0.0444. The summed E-state index contributed by atoms with van der Waals surface area (Å²) < 4.78 is 1.06. The first-order chi connectivity index (χ1) is 11.1. The zero-order valence-corrected chi connectivity index (χ0v) is 15.1. The van der Waals surface area contributed by atoms with Gasteiger partial charge in [0, 0.05) is 17.2 Å². The average molecular weight is 393 g/mol. The summed E-state index contributed by atoms with van der Waals surface area (Å²) in [5, 5.41) is 11.2. The van der Waals surface area contributed by atoms with E-state index in [1.807, 2.05) is 35.2 Å². The molecule has 3 heterocycles. The van der Waals surface area contributed by atoms with Crippen LogP contribution < -0.4 is 5.32 Å². The van der Waals surface area contributed by atoms with Crippen molar-refractivity contribution in [3.63, 3.8) is 0 Å². The lowest BCUT2D eigenvalue weighted by Gasteiger charge is -2.24. The molecule has 0 radical (unpaired) electrons. The van der Waals surface area contributed by atoms with E-state index >= 15 is 0 Å². The molecule has 1 unspecified atom stereocenters. The van der Waals surface area contributed by atoms with Gasteiger partial charge in [0.2, 0.25) is 0 Å². The predicted octanol–water partition coefficient (Wildman–Crippen LogP) is 3.22. The Kier molecular flexibility index (Phi) is 3.85. The van der Waals surface area contributed by atoms with Crippen molar-refractivity contribution in [3.8, 4) is 0 Å². The second-order valence-electron chi connectivity index (χ2n) is 5.89. The summed E-state index contributed by atoms with van der Waals surface area (Å²) in [7, 11) is 0. The Bertz CT molecular complexity index is 703. The third-order valence-electron chi connectivity index (χ3n) is 4.39. The number of carbonyl (C=O) groups excluding carboxylic acids is 1. The van der Waals surface area contributed by atoms with E-state index in [1.54, 1.807) is 0 Å². The Hall–Kier alpha value is -1.47. The number of hydrogen-bond donors (Lipinski definition) is 1. The van der Waals surface area contributed by atoms with Gasteiger partial charge in [-0.25, -0.2) is 5.01 Å². The quantitative estimate of drug-likeness (QED) is 0.838. The molecule has 120 valence electrons. The smallest absolute Gasteiger partial charge is 0.281 e. The molecule has 3 aliphatic heterocycles. The van der Waals surface area contributed by atoms with Gasteiger partial charge in [-0.05, 0) is 49.2 Å². The molecule has 23 heavy (non-hydrogen) atoms. The summed E-state index contributed by atoms with van der Waals surface area (Å²) in [5.41, 5.74) is 1.19. The van der Waals surface area contributed by atoms with Gasteiger partial charge in [-0.15, -0.1) is 0 Å². The van der Waals surface area contributed by atoms with Crippen molar-refractivity contribution in [2.45, 2.75) is 32.0 Å². The molecule has 1 amide bonds. The molecule has 1 fully saturated rings. The van der Waals surface area contributed by atoms with Gasteiger partial charge in [-0.2, -0.15) is 5.10 Å². The van der Waals surface area contributed by atoms with Crippen molar-refractivity contribution in [2.75, 3.05) is 6.54 Å². The molecule has 7 heteroatoms. The number of hydrogen-bond acceptors (Lipinski definition) is 5. The number of benzene rings is 1. The third-order valence-corrected chi connectivity index (χ3v) is 5.88. The van der Waals surface area contributed by atoms with Gasteiger partial charge in [0.05, 0.1) is 6.04 Å². The fourth-order valence-corrected chi connectivity index (χ4v) is 4.41. The molecule has 0 spiro atoms. The van der Waals surface area contributed by atoms with Gasteiger partial charge in [0.1, 0.15) is 11.2 Å². The van der Waals surface area contributed by atoms with Crippen molar-refractivity contribution in [1.29, 1.82) is 0 Å². The third kappa shape index (κ3) is 2.65. The number of rotatable bonds is 2. The lowest BCUT2D eigenvalue weighted by molar-refractivity contribution is -0.124. The number of carbonyl (C=O) groups is 1. The van der Waals surface area contributed by atoms with Crippen LogP contribution in [-0.4, -0.2) is 33.6 Å². The number of thioether (sulfide) groups is 1. The summed E-state index contributed by atoms with van der Waals surface area (Å²) in [6.45, 7) is 2.83. The van der Waals surface area contributed by atoms with Gasteiger partial charge in [-0.1, -0.05) is 28.1 Å². The first-order valence-corrected chi connectivity index (χ1v) is 9.33. The second kappa shape index (κ2) is 5.87. The summed E-state index contributed by atoms with van der Waals surface area (Å²) in [5.74, 6) is 0.0444. The summed E-state index contributed by atoms with van der Waals surface area (Å²) >= 11 is 4.92. The zero-order valence-electron chi connectivity index (χ0n) is 12.7. The van der Waals surface area contributed by atoms with Crippen LogP contribution in [-0.2, 0) is 4.79 Å². The fourth-order valence-electron chi connectivity index (χ4n) is 3.20. The highest BCUT2D eigenvalue weighted by atomic mass is 79.9. The highest BCUT2D eigenvalue weighted by molar-refractivity contribution is 9.10. The predicted molar refractivity (Wildman–Crippen MR) is 95.4 cm³/mol. The van der Waals surface area contributed by atoms with Crippen molar-refractivity contribution < 1.29 is 4.79 Å². The molecule has 4 rings (SSSR count). The van der Waals surface area contributed by atoms with Gasteiger partial charge in [-0.3, -0.25) is 4.79 Å². The molecule has 5 nitrogen and oxygen atoms in total. The molecule has 3 aliphatic rings. The molecule has 0 aromatic heterocycles. The van der Waals surface area contributed by atoms with E-state index in [-0.39, 0.29) is 18.1 Å². The van der Waals surface area contributed by atoms with Gasteiger partial charge in [0.15, 0.2) is 5.04 Å². The molecule has 1 N–H and O–H groups in total. The maximum atomic E-state index is 12.9. The topological polar surface area (TPSA) is 47.9 Å². The van der Waals surface area contributed by atoms with Crippen LogP contribution in [0.5, 0.6) is 0 Å². The summed E-state index contributed by atoms with van der Waals surface area (Å²) in [6.07, 6.45) is 4.09. The van der Waals surface area contributed by atoms with Crippen LogP contribution in [0.15, 0.2) is 45.1 Å². The van der Waals surface area contributed by atoms with E-state index in [4.69, 9.17) is 0 Å². The largest absolute Gasteiger partial charge is 0.368 e. The molecule has 0 bridgehead atoms. The fraction of sp³-hybridized carbons (Fsp3) is 0.375. The molecule has 1 aromatic rings. The first-order valence-electron chi connectivity index (χ1n) is 7.72. The monoisotopic (exact) mass is 392 g/mol. The van der Waals surface area contributed by atoms with Crippen molar-refractivity contribution in [2.24, 2.45) is 5.10 Å². The standard InChI is InChI=1S/C16H17BrN4OS/c1-10-18-9-14-21(10)19-15(23-14)16(22)20-8-2-3-13(20)11-4-6-12(17)7-5-11/h4-7,9-10,13,18H,2-3,8H2,1H3/t10?,13-/m0/s1. The van der Waals surface area contributed by atoms with Crippen LogP contribution in [0.4, 0.5) is 0 Å². The lowest BCUT2D eigenvalue weighted by Crippen LogP contribution is -2.35. The molecular weight excluding hydrogens is 376 g/mol. The average Bonchev–Trinajstić information content (AvgIpc) is 3.25. The first kappa shape index (κ1) is 15.1. The maximum Gasteiger partial charge on any atom is 0.281 e. The van der Waals surface area contributed by atoms with E-state index in [1.165, 1.54) is 17.3 Å². The molecule has 1 aromatic carbocycles. The maximum absolute atomic E-state index is 12.9. The number of hydrazone groups is 1. The Labute approximate surface area is 147 Å². The number of halogens is 1. The lowest BCUT2D eigenvalue weighted by atomic mass is 10.0. The van der Waals surface area contributed by atoms with Crippen molar-refractivity contribution in [3.05, 3.63) is 45.5 Å². The van der Waals surface area contributed by atoms with Gasteiger partial charge >= 0.3 is 0 Å². The summed E-state index contributed by atoms with van der Waals surface area (Å²) in [6, 6.07) is 8.41. The minimum Gasteiger partial charge on any atom is -0.368 e. The van der Waals surface area contributed by atoms with Gasteiger partial charge < -0.3 is 10.2 Å². The van der Waals surface area contributed by atoms with E-state index in [0.717, 1.165) is 28.9 Å². The Balaban J connectivity index is 1.55. The highest BCUT2D eigenvalue weighted by Gasteiger charge is 2.38. The molecule has 0 aliphatic carbocycles. The number of nitrogens with zero attached hydrogens (tertiary/aromatic N) is 3. The minimum absolute atomic E-state index is 0.0444. The van der Waals surface area contributed by atoms with Gasteiger partial charge in [0.25, 0.3) is 5.91 Å². The van der Waals surface area contributed by atoms with Crippen LogP contribution in [0, 0.1) is 0 Å². The summed E-state index contributed by atoms with van der Waals surface area (Å²) in [4.78, 5) is 14.9. The van der Waals surface area contributed by atoms with Crippen LogP contribution in [0.3, 0.4) is 0 Å². The molecule has 2 atom stereocenters. The van der Waals surface area contributed by atoms with Crippen LogP contribution in [0.25, 0.3) is 0 Å². The SMILES string of the molecule is CC1NC=C2SC(C(=O)N3CCC[C@H]3c3ccc(Br)cc3)=NN21. The Morgan fingerprint density at radius 1 is 1.39 bits per heavy atom. The van der Waals surface area contributed by atoms with Crippen molar-refractivity contribution in [1.82, 2.24) is 15.2 Å².